The van der Waals surface area contributed by atoms with Crippen LogP contribution in [0.3, 0.4) is 0 Å². The van der Waals surface area contributed by atoms with Crippen molar-refractivity contribution in [1.82, 2.24) is 20.2 Å². The van der Waals surface area contributed by atoms with E-state index in [9.17, 15) is 9.59 Å². The minimum Gasteiger partial charge on any atom is -0.453 e. The average molecular weight is 364 g/mol. The number of carbonyl (C=O) groups excluding carboxylic acids is 2. The lowest BCUT2D eigenvalue weighted by molar-refractivity contribution is -0.138. The fourth-order valence-corrected chi connectivity index (χ4v) is 3.38. The molecule has 7 nitrogen and oxygen atoms in total. The maximum atomic E-state index is 13.1. The van der Waals surface area contributed by atoms with Crippen molar-refractivity contribution < 1.29 is 14.3 Å². The lowest BCUT2D eigenvalue weighted by Gasteiger charge is -2.38. The van der Waals surface area contributed by atoms with Gasteiger partial charge >= 0.3 is 6.09 Å². The van der Waals surface area contributed by atoms with E-state index >= 15 is 0 Å². The SMILES string of the molecule is COC(=O)N[C@H](C(=O)N1CCCC[C@H]1Cc1nc(C(C)C)c[nH]1)C(C)C. The fraction of sp³-hybridized carbons (Fsp3) is 0.737. The quantitative estimate of drug-likeness (QED) is 0.812. The Morgan fingerprint density at radius 2 is 2.08 bits per heavy atom. The van der Waals surface area contributed by atoms with Crippen LogP contribution in [-0.4, -0.2) is 52.6 Å². The van der Waals surface area contributed by atoms with Crippen LogP contribution >= 0.6 is 0 Å². The van der Waals surface area contributed by atoms with Crippen molar-refractivity contribution in [2.45, 2.75) is 71.4 Å². The number of nitrogens with zero attached hydrogens (tertiary/aromatic N) is 2. The molecule has 26 heavy (non-hydrogen) atoms. The third kappa shape index (κ3) is 4.99. The monoisotopic (exact) mass is 364 g/mol. The third-order valence-corrected chi connectivity index (χ3v) is 4.97. The van der Waals surface area contributed by atoms with Gasteiger partial charge in [0.05, 0.1) is 12.8 Å². The summed E-state index contributed by atoms with van der Waals surface area (Å²) in [5.74, 6) is 1.24. The van der Waals surface area contributed by atoms with E-state index in [2.05, 4.69) is 33.9 Å². The van der Waals surface area contributed by atoms with E-state index in [-0.39, 0.29) is 17.9 Å². The van der Waals surface area contributed by atoms with Gasteiger partial charge in [0.25, 0.3) is 0 Å². The number of H-pyrrole nitrogens is 1. The number of hydrogen-bond acceptors (Lipinski definition) is 4. The lowest BCUT2D eigenvalue weighted by Crippen LogP contribution is -2.55. The number of alkyl carbamates (subject to hydrolysis) is 1. The molecule has 0 aromatic carbocycles. The van der Waals surface area contributed by atoms with Crippen LogP contribution in [0.25, 0.3) is 0 Å². The van der Waals surface area contributed by atoms with Crippen LogP contribution in [0.1, 0.15) is 64.4 Å². The molecule has 1 fully saturated rings. The maximum absolute atomic E-state index is 13.1. The Hall–Kier alpha value is -2.05. The number of piperidine rings is 1. The van der Waals surface area contributed by atoms with Gasteiger partial charge in [-0.15, -0.1) is 0 Å². The molecule has 1 aromatic rings. The molecule has 2 rings (SSSR count). The predicted molar refractivity (Wildman–Crippen MR) is 99.9 cm³/mol. The molecule has 0 spiro atoms. The van der Waals surface area contributed by atoms with Gasteiger partial charge < -0.3 is 19.9 Å². The summed E-state index contributed by atoms with van der Waals surface area (Å²) in [7, 11) is 1.31. The summed E-state index contributed by atoms with van der Waals surface area (Å²) in [4.78, 5) is 34.6. The van der Waals surface area contributed by atoms with E-state index in [1.807, 2.05) is 24.9 Å². The van der Waals surface area contributed by atoms with Gasteiger partial charge in [0.2, 0.25) is 5.91 Å². The summed E-state index contributed by atoms with van der Waals surface area (Å²) >= 11 is 0. The van der Waals surface area contributed by atoms with E-state index in [0.29, 0.717) is 18.9 Å². The number of ether oxygens (including phenoxy) is 1. The predicted octanol–water partition coefficient (Wildman–Crippen LogP) is 2.84. The number of aromatic amines is 1. The van der Waals surface area contributed by atoms with Gasteiger partial charge in [0, 0.05) is 25.2 Å². The van der Waals surface area contributed by atoms with Crippen molar-refractivity contribution in [3.8, 4) is 0 Å². The Kier molecular flexibility index (Phi) is 7.06. The third-order valence-electron chi connectivity index (χ3n) is 4.97. The Morgan fingerprint density at radius 1 is 1.35 bits per heavy atom. The molecule has 1 aliphatic rings. The van der Waals surface area contributed by atoms with E-state index in [1.54, 1.807) is 0 Å². The zero-order valence-electron chi connectivity index (χ0n) is 16.5. The van der Waals surface area contributed by atoms with Crippen LogP contribution in [0.5, 0.6) is 0 Å². The number of nitrogens with one attached hydrogen (secondary N) is 2. The van der Waals surface area contributed by atoms with Gasteiger partial charge in [0.15, 0.2) is 0 Å². The van der Waals surface area contributed by atoms with Gasteiger partial charge in [-0.05, 0) is 31.1 Å². The van der Waals surface area contributed by atoms with E-state index in [4.69, 9.17) is 0 Å². The number of rotatable bonds is 6. The van der Waals surface area contributed by atoms with Crippen LogP contribution in [0.4, 0.5) is 4.79 Å². The Bertz CT molecular complexity index is 612. The highest BCUT2D eigenvalue weighted by molar-refractivity contribution is 5.86. The smallest absolute Gasteiger partial charge is 0.407 e. The molecule has 0 bridgehead atoms. The summed E-state index contributed by atoms with van der Waals surface area (Å²) in [6.07, 6.45) is 5.13. The first kappa shape index (κ1) is 20.3. The molecule has 1 aromatic heterocycles. The van der Waals surface area contributed by atoms with Crippen molar-refractivity contribution in [3.05, 3.63) is 17.7 Å². The van der Waals surface area contributed by atoms with Gasteiger partial charge in [-0.2, -0.15) is 0 Å². The molecule has 1 saturated heterocycles. The number of imidazole rings is 1. The number of methoxy groups -OCH3 is 1. The molecule has 1 aliphatic heterocycles. The maximum Gasteiger partial charge on any atom is 0.407 e. The van der Waals surface area contributed by atoms with Crippen LogP contribution in [0.15, 0.2) is 6.20 Å². The Morgan fingerprint density at radius 3 is 2.65 bits per heavy atom. The first-order chi connectivity index (χ1) is 12.3. The topological polar surface area (TPSA) is 87.3 Å². The number of amides is 2. The van der Waals surface area contributed by atoms with Crippen LogP contribution in [0.2, 0.25) is 0 Å². The Balaban J connectivity index is 2.12. The van der Waals surface area contributed by atoms with Crippen LogP contribution in [-0.2, 0) is 16.0 Å². The minimum absolute atomic E-state index is 0.0136. The summed E-state index contributed by atoms with van der Waals surface area (Å²) < 4.78 is 4.68. The number of likely N-dealkylation sites (tertiary alicyclic amines) is 1. The van der Waals surface area contributed by atoms with Gasteiger partial charge in [-0.25, -0.2) is 9.78 Å². The standard InChI is InChI=1S/C19H32N4O3/c1-12(2)15-11-20-16(21-15)10-14-8-6-7-9-23(14)18(24)17(13(3)4)22-19(25)26-5/h11-14,17H,6-10H2,1-5H3,(H,20,21)(H,22,25)/t14-,17-/m0/s1. The summed E-state index contributed by atoms with van der Waals surface area (Å²) in [6.45, 7) is 8.80. The fourth-order valence-electron chi connectivity index (χ4n) is 3.38. The van der Waals surface area contributed by atoms with Crippen LogP contribution in [0, 0.1) is 5.92 Å². The second-order valence-corrected chi connectivity index (χ2v) is 7.67. The molecule has 2 atom stereocenters. The summed E-state index contributed by atoms with van der Waals surface area (Å²) in [5.41, 5.74) is 1.04. The second-order valence-electron chi connectivity index (χ2n) is 7.67. The van der Waals surface area contributed by atoms with E-state index in [0.717, 1.165) is 30.8 Å². The summed E-state index contributed by atoms with van der Waals surface area (Å²) in [5, 5.41) is 2.69. The minimum atomic E-state index is -0.578. The van der Waals surface area contributed by atoms with Gasteiger partial charge in [-0.3, -0.25) is 4.79 Å². The summed E-state index contributed by atoms with van der Waals surface area (Å²) in [6, 6.07) is -0.478. The number of hydrogen-bond donors (Lipinski definition) is 2. The van der Waals surface area contributed by atoms with Gasteiger partial charge in [-0.1, -0.05) is 27.7 Å². The molecule has 0 saturated carbocycles. The highest BCUT2D eigenvalue weighted by Gasteiger charge is 2.34. The van der Waals surface area contributed by atoms with Crippen molar-refractivity contribution in [1.29, 1.82) is 0 Å². The molecule has 0 aliphatic carbocycles. The van der Waals surface area contributed by atoms with E-state index in [1.165, 1.54) is 7.11 Å². The molecule has 0 radical (unpaired) electrons. The second kappa shape index (κ2) is 9.05. The molecular formula is C19H32N4O3. The van der Waals surface area contributed by atoms with Crippen molar-refractivity contribution >= 4 is 12.0 Å². The lowest BCUT2D eigenvalue weighted by atomic mass is 9.95. The highest BCUT2D eigenvalue weighted by atomic mass is 16.5. The molecule has 0 unspecified atom stereocenters. The molecule has 146 valence electrons. The largest absolute Gasteiger partial charge is 0.453 e. The molecular weight excluding hydrogens is 332 g/mol. The van der Waals surface area contributed by atoms with E-state index < -0.39 is 12.1 Å². The molecule has 2 amide bonds. The van der Waals surface area contributed by atoms with Crippen molar-refractivity contribution in [3.63, 3.8) is 0 Å². The normalized spacial score (nSPS) is 18.9. The number of carbonyl (C=O) groups is 2. The zero-order chi connectivity index (χ0) is 19.3. The van der Waals surface area contributed by atoms with Gasteiger partial charge in [0.1, 0.15) is 11.9 Å². The first-order valence-corrected chi connectivity index (χ1v) is 9.52. The zero-order valence-corrected chi connectivity index (χ0v) is 16.5. The van der Waals surface area contributed by atoms with Crippen LogP contribution < -0.4 is 5.32 Å². The van der Waals surface area contributed by atoms with Crippen molar-refractivity contribution in [2.24, 2.45) is 5.92 Å². The average Bonchev–Trinajstić information content (AvgIpc) is 3.08. The Labute approximate surface area is 155 Å². The van der Waals surface area contributed by atoms with Crippen molar-refractivity contribution in [2.75, 3.05) is 13.7 Å². The molecule has 7 heteroatoms. The first-order valence-electron chi connectivity index (χ1n) is 9.52. The molecule has 2 heterocycles. The highest BCUT2D eigenvalue weighted by Crippen LogP contribution is 2.23. The number of aromatic nitrogens is 2. The molecule has 2 N–H and O–H groups in total.